The molecule has 0 saturated heterocycles. The van der Waals surface area contributed by atoms with Crippen molar-refractivity contribution < 1.29 is 14.6 Å². The Balaban J connectivity index is 0.00000106. The van der Waals surface area contributed by atoms with Crippen molar-refractivity contribution in [1.82, 2.24) is 20.7 Å². The Morgan fingerprint density at radius 2 is 2.03 bits per heavy atom. The molecule has 9 heteroatoms. The molecule has 1 unspecified atom stereocenters. The first kappa shape index (κ1) is 28.8. The van der Waals surface area contributed by atoms with Crippen LogP contribution in [0.3, 0.4) is 0 Å². The number of hydrogen-bond donors (Lipinski definition) is 5. The van der Waals surface area contributed by atoms with Crippen LogP contribution in [0.1, 0.15) is 62.9 Å². The molecule has 0 radical (unpaired) electrons. The van der Waals surface area contributed by atoms with Gasteiger partial charge in [0.2, 0.25) is 5.91 Å². The lowest BCUT2D eigenvalue weighted by Crippen LogP contribution is -2.28. The van der Waals surface area contributed by atoms with Gasteiger partial charge in [-0.3, -0.25) is 4.79 Å². The SMILES string of the molecule is CCCC.CN/C(=C(/C=C(\C)c1ccnc(OCCO)n1)c1c(C)ccc2c1CNN2)C(C)C(N)=O. The average molecular weight is 497 g/mol. The van der Waals surface area contributed by atoms with Gasteiger partial charge in [-0.1, -0.05) is 32.8 Å². The van der Waals surface area contributed by atoms with E-state index in [1.165, 1.54) is 12.8 Å². The highest BCUT2D eigenvalue weighted by molar-refractivity contribution is 5.92. The number of aliphatic hydroxyl groups is 1. The van der Waals surface area contributed by atoms with E-state index in [-0.39, 0.29) is 19.2 Å². The maximum Gasteiger partial charge on any atom is 0.316 e. The summed E-state index contributed by atoms with van der Waals surface area (Å²) in [5, 5.41) is 12.2. The number of unbranched alkanes of at least 4 members (excludes halogenated alkanes) is 1. The summed E-state index contributed by atoms with van der Waals surface area (Å²) in [4.78, 5) is 20.6. The van der Waals surface area contributed by atoms with E-state index < -0.39 is 11.8 Å². The van der Waals surface area contributed by atoms with Crippen LogP contribution in [-0.2, 0) is 11.3 Å². The van der Waals surface area contributed by atoms with E-state index in [0.717, 1.165) is 39.2 Å². The second kappa shape index (κ2) is 14.2. The number of amides is 1. The average Bonchev–Trinajstić information content (AvgIpc) is 3.36. The number of ether oxygens (including phenoxy) is 1. The van der Waals surface area contributed by atoms with Gasteiger partial charge in [-0.2, -0.15) is 4.98 Å². The topological polar surface area (TPSA) is 134 Å². The van der Waals surface area contributed by atoms with Crippen molar-refractivity contribution in [2.24, 2.45) is 11.7 Å². The molecule has 196 valence electrons. The van der Waals surface area contributed by atoms with Crippen molar-refractivity contribution in [3.63, 3.8) is 0 Å². The predicted molar refractivity (Wildman–Crippen MR) is 145 cm³/mol. The van der Waals surface area contributed by atoms with E-state index in [2.05, 4.69) is 40.0 Å². The molecule has 0 saturated carbocycles. The summed E-state index contributed by atoms with van der Waals surface area (Å²) in [6, 6.07) is 6.07. The number of hydrogen-bond acceptors (Lipinski definition) is 8. The normalized spacial score (nSPS) is 14.0. The van der Waals surface area contributed by atoms with Gasteiger partial charge in [-0.25, -0.2) is 10.4 Å². The Labute approximate surface area is 214 Å². The Bertz CT molecular complexity index is 1090. The molecule has 1 atom stereocenters. The van der Waals surface area contributed by atoms with Gasteiger partial charge in [0.1, 0.15) is 6.61 Å². The summed E-state index contributed by atoms with van der Waals surface area (Å²) in [5.41, 5.74) is 19.4. The lowest BCUT2D eigenvalue weighted by Gasteiger charge is -2.21. The number of aromatic nitrogens is 2. The van der Waals surface area contributed by atoms with E-state index in [9.17, 15) is 4.79 Å². The number of carbonyl (C=O) groups is 1. The quantitative estimate of drug-likeness (QED) is 0.315. The molecule has 1 aliphatic heterocycles. The third-order valence-corrected chi connectivity index (χ3v) is 5.92. The number of allylic oxidation sites excluding steroid dienone is 3. The van der Waals surface area contributed by atoms with E-state index in [4.69, 9.17) is 15.6 Å². The number of fused-ring (bicyclic) bond motifs is 1. The van der Waals surface area contributed by atoms with Crippen molar-refractivity contribution >= 4 is 22.7 Å². The predicted octanol–water partition coefficient (Wildman–Crippen LogP) is 3.55. The van der Waals surface area contributed by atoms with Crippen LogP contribution in [0.4, 0.5) is 5.69 Å². The number of nitrogens with zero attached hydrogens (tertiary/aromatic N) is 2. The van der Waals surface area contributed by atoms with E-state index in [0.29, 0.717) is 12.2 Å². The maximum atomic E-state index is 12.1. The molecule has 2 heterocycles. The first-order valence-corrected chi connectivity index (χ1v) is 12.4. The van der Waals surface area contributed by atoms with Crippen molar-refractivity contribution in [1.29, 1.82) is 0 Å². The number of nitrogens with one attached hydrogen (secondary N) is 3. The van der Waals surface area contributed by atoms with Crippen LogP contribution in [0, 0.1) is 12.8 Å². The monoisotopic (exact) mass is 496 g/mol. The van der Waals surface area contributed by atoms with E-state index in [1.54, 1.807) is 26.2 Å². The molecule has 1 aromatic carbocycles. The molecule has 9 nitrogen and oxygen atoms in total. The first-order chi connectivity index (χ1) is 17.3. The summed E-state index contributed by atoms with van der Waals surface area (Å²) in [6.45, 7) is 10.8. The Kier molecular flexibility index (Phi) is 11.4. The molecule has 36 heavy (non-hydrogen) atoms. The molecule has 1 aliphatic rings. The number of rotatable bonds is 10. The maximum absolute atomic E-state index is 12.1. The number of nitrogens with two attached hydrogens (primary N) is 1. The summed E-state index contributed by atoms with van der Waals surface area (Å²) < 4.78 is 5.35. The van der Waals surface area contributed by atoms with Gasteiger partial charge >= 0.3 is 6.01 Å². The van der Waals surface area contributed by atoms with E-state index >= 15 is 0 Å². The minimum absolute atomic E-state index is 0.118. The second-order valence-electron chi connectivity index (χ2n) is 8.59. The molecule has 6 N–H and O–H groups in total. The van der Waals surface area contributed by atoms with Crippen molar-refractivity contribution in [2.75, 3.05) is 25.7 Å². The summed E-state index contributed by atoms with van der Waals surface area (Å²) >= 11 is 0. The van der Waals surface area contributed by atoms with Crippen LogP contribution < -0.4 is 26.6 Å². The highest BCUT2D eigenvalue weighted by Gasteiger charge is 2.24. The first-order valence-electron chi connectivity index (χ1n) is 12.4. The van der Waals surface area contributed by atoms with Gasteiger partial charge in [0.25, 0.3) is 0 Å². The largest absolute Gasteiger partial charge is 0.461 e. The van der Waals surface area contributed by atoms with Gasteiger partial charge in [-0.15, -0.1) is 0 Å². The van der Waals surface area contributed by atoms with Crippen LogP contribution >= 0.6 is 0 Å². The number of benzene rings is 1. The van der Waals surface area contributed by atoms with Crippen molar-refractivity contribution in [2.45, 2.75) is 54.0 Å². The van der Waals surface area contributed by atoms with Crippen LogP contribution in [0.15, 0.2) is 36.2 Å². The van der Waals surface area contributed by atoms with Gasteiger partial charge in [0, 0.05) is 36.6 Å². The van der Waals surface area contributed by atoms with Gasteiger partial charge in [0.05, 0.1) is 23.9 Å². The zero-order chi connectivity index (χ0) is 26.7. The third kappa shape index (κ3) is 7.29. The molecule has 2 aromatic rings. The molecule has 0 fully saturated rings. The molecule has 1 amide bonds. The molecular weight excluding hydrogens is 456 g/mol. The lowest BCUT2D eigenvalue weighted by atomic mass is 9.88. The molecule has 0 aliphatic carbocycles. The minimum atomic E-state index is -0.523. The number of hydrazine groups is 1. The highest BCUT2D eigenvalue weighted by atomic mass is 16.5. The fourth-order valence-corrected chi connectivity index (χ4v) is 3.74. The fraction of sp³-hybridized carbons (Fsp3) is 0.444. The van der Waals surface area contributed by atoms with Crippen molar-refractivity contribution in [3.05, 3.63) is 58.6 Å². The minimum Gasteiger partial charge on any atom is -0.461 e. The van der Waals surface area contributed by atoms with E-state index in [1.807, 2.05) is 32.1 Å². The molecule has 0 spiro atoms. The molecular formula is C27H40N6O3. The fourth-order valence-electron chi connectivity index (χ4n) is 3.74. The molecule has 3 rings (SSSR count). The Morgan fingerprint density at radius 1 is 1.31 bits per heavy atom. The second-order valence-corrected chi connectivity index (χ2v) is 8.59. The number of aryl methyl sites for hydroxylation is 1. The highest BCUT2D eigenvalue weighted by Crippen LogP contribution is 2.36. The van der Waals surface area contributed by atoms with Crippen LogP contribution in [-0.4, -0.2) is 41.2 Å². The summed E-state index contributed by atoms with van der Waals surface area (Å²) in [5.74, 6) is -0.938. The van der Waals surface area contributed by atoms with Gasteiger partial charge < -0.3 is 26.3 Å². The van der Waals surface area contributed by atoms with Crippen LogP contribution in [0.2, 0.25) is 0 Å². The number of carbonyl (C=O) groups excluding carboxylic acids is 1. The number of primary amides is 1. The molecule has 1 aromatic heterocycles. The standard InChI is InChI=1S/C23H30N6O3.C4H10/c1-13-5-6-19-17(12-27-29-19)20(13)16(21(25-4)15(3)22(24)31)11-14(2)18-7-8-26-23(28-18)32-10-9-30;1-3-4-2/h5-8,11,15,25,27,29-30H,9-10,12H2,1-4H3,(H2,24,31);3-4H2,1-2H3/b14-11+,21-16-;. The van der Waals surface area contributed by atoms with Crippen LogP contribution in [0.25, 0.3) is 11.1 Å². The van der Waals surface area contributed by atoms with Crippen LogP contribution in [0.5, 0.6) is 6.01 Å². The lowest BCUT2D eigenvalue weighted by molar-refractivity contribution is -0.120. The zero-order valence-electron chi connectivity index (χ0n) is 22.2. The molecule has 0 bridgehead atoms. The smallest absolute Gasteiger partial charge is 0.316 e. The van der Waals surface area contributed by atoms with Crippen molar-refractivity contribution in [3.8, 4) is 6.01 Å². The summed E-state index contributed by atoms with van der Waals surface area (Å²) in [6.07, 6.45) is 6.25. The summed E-state index contributed by atoms with van der Waals surface area (Å²) in [7, 11) is 1.79. The van der Waals surface area contributed by atoms with Gasteiger partial charge in [0.15, 0.2) is 0 Å². The third-order valence-electron chi connectivity index (χ3n) is 5.92. The zero-order valence-corrected chi connectivity index (χ0v) is 22.2. The Hall–Kier alpha value is -3.43. The Morgan fingerprint density at radius 3 is 2.64 bits per heavy atom. The number of anilines is 1. The van der Waals surface area contributed by atoms with Gasteiger partial charge in [-0.05, 0) is 55.7 Å². The number of aliphatic hydroxyl groups excluding tert-OH is 1.